The number of hydrogen-bond donors (Lipinski definition) is 0. The standard InChI is InChI=1S/C64H106O6/c1-43(2)19-17-21-45(5)53-27-29-55-51-25-23-47-41-49(31-35-61(47,7)57(51)33-37-63(53,55)9)69-59(65)67-39-15-13-11-12-14-16-40-68-60(66)70-50-32-36-62(8)48(42-50)24-26-52-56-30-28-54(46(6)22-18-20-44(3)4)64(56,10)38-34-58(52)62/h23-24,43-46,49-58H,11-22,25-42H2,1-10H3/t45-,46-,49+,50+,51+,52+,53-,54-,55+,56+,57+,58+,61+,62+,63-,64-/m1/s1. The minimum absolute atomic E-state index is 0.0630. The molecule has 0 aromatic rings. The number of allylic oxidation sites excluding steroid dienone is 2. The van der Waals surface area contributed by atoms with Crippen LogP contribution in [0, 0.1) is 92.7 Å². The van der Waals surface area contributed by atoms with Gasteiger partial charge < -0.3 is 18.9 Å². The van der Waals surface area contributed by atoms with Gasteiger partial charge in [0.2, 0.25) is 0 Å². The van der Waals surface area contributed by atoms with E-state index in [4.69, 9.17) is 18.9 Å². The van der Waals surface area contributed by atoms with E-state index in [1.165, 1.54) is 103 Å². The molecule has 0 aromatic heterocycles. The highest BCUT2D eigenvalue weighted by molar-refractivity contribution is 5.60. The van der Waals surface area contributed by atoms with Crippen molar-refractivity contribution < 1.29 is 28.5 Å². The lowest BCUT2D eigenvalue weighted by atomic mass is 9.47. The third-order valence-electron chi connectivity index (χ3n) is 23.0. The van der Waals surface area contributed by atoms with Gasteiger partial charge in [-0.2, -0.15) is 0 Å². The van der Waals surface area contributed by atoms with E-state index in [0.29, 0.717) is 24.0 Å². The fourth-order valence-corrected chi connectivity index (χ4v) is 19.1. The third-order valence-corrected chi connectivity index (χ3v) is 23.0. The minimum Gasteiger partial charge on any atom is -0.434 e. The molecule has 8 aliphatic rings. The lowest BCUT2D eigenvalue weighted by Crippen LogP contribution is -2.51. The topological polar surface area (TPSA) is 71.1 Å². The van der Waals surface area contributed by atoms with E-state index in [1.54, 1.807) is 11.1 Å². The number of hydrogen-bond acceptors (Lipinski definition) is 6. The van der Waals surface area contributed by atoms with Crippen LogP contribution >= 0.6 is 0 Å². The predicted molar refractivity (Wildman–Crippen MR) is 286 cm³/mol. The lowest BCUT2D eigenvalue weighted by Gasteiger charge is -2.58. The van der Waals surface area contributed by atoms with Gasteiger partial charge in [-0.05, 0) is 195 Å². The fourth-order valence-electron chi connectivity index (χ4n) is 19.1. The highest BCUT2D eigenvalue weighted by atomic mass is 16.7. The molecule has 8 rings (SSSR count). The summed E-state index contributed by atoms with van der Waals surface area (Å²) >= 11 is 0. The first-order valence-electron chi connectivity index (χ1n) is 30.5. The van der Waals surface area contributed by atoms with Crippen molar-refractivity contribution in [1.82, 2.24) is 0 Å². The number of carbonyl (C=O) groups excluding carboxylic acids is 2. The molecule has 0 unspecified atom stereocenters. The Balaban J connectivity index is 0.665. The molecule has 0 N–H and O–H groups in total. The second-order valence-corrected chi connectivity index (χ2v) is 27.9. The molecule has 398 valence electrons. The molecule has 0 bridgehead atoms. The molecule has 8 aliphatic carbocycles. The zero-order valence-corrected chi connectivity index (χ0v) is 46.9. The van der Waals surface area contributed by atoms with E-state index in [2.05, 4.69) is 81.4 Å². The van der Waals surface area contributed by atoms with Crippen molar-refractivity contribution in [3.05, 3.63) is 23.3 Å². The predicted octanol–water partition coefficient (Wildman–Crippen LogP) is 18.5. The summed E-state index contributed by atoms with van der Waals surface area (Å²) in [6.07, 6.45) is 37.9. The lowest BCUT2D eigenvalue weighted by molar-refractivity contribution is -0.0617. The van der Waals surface area contributed by atoms with Crippen molar-refractivity contribution >= 4 is 12.3 Å². The molecule has 0 saturated heterocycles. The smallest absolute Gasteiger partial charge is 0.434 e. The maximum Gasteiger partial charge on any atom is 0.508 e. The summed E-state index contributed by atoms with van der Waals surface area (Å²) in [6, 6.07) is 0. The second-order valence-electron chi connectivity index (χ2n) is 27.9. The molecular weight excluding hydrogens is 865 g/mol. The summed E-state index contributed by atoms with van der Waals surface area (Å²) in [7, 11) is 0. The SMILES string of the molecule is CC(C)CCC[C@@H](C)[C@H]1CC[C@H]2[C@@H]3CC=C4C[C@@H](OC(=O)OCCCCCCCCOC(=O)O[C@H]5CC[C@@]6(C)C(=CC[C@H]7[C@@H]8CC[C@H]([C@H](C)CCCC(C)C)[C@@]8(C)CC[C@@H]76)C5)CC[C@]4(C)[C@H]3CC[C@]12C. The van der Waals surface area contributed by atoms with E-state index in [-0.39, 0.29) is 23.0 Å². The summed E-state index contributed by atoms with van der Waals surface area (Å²) in [6.45, 7) is 26.0. The van der Waals surface area contributed by atoms with Gasteiger partial charge in [-0.25, -0.2) is 9.59 Å². The minimum atomic E-state index is -0.488. The molecule has 6 nitrogen and oxygen atoms in total. The van der Waals surface area contributed by atoms with Gasteiger partial charge in [0.05, 0.1) is 13.2 Å². The second kappa shape index (κ2) is 23.3. The normalized spacial score (nSPS) is 39.5. The van der Waals surface area contributed by atoms with Crippen LogP contribution in [-0.2, 0) is 18.9 Å². The van der Waals surface area contributed by atoms with Crippen LogP contribution in [0.3, 0.4) is 0 Å². The first-order chi connectivity index (χ1) is 33.5. The van der Waals surface area contributed by atoms with Crippen molar-refractivity contribution in [2.45, 2.75) is 261 Å². The fraction of sp³-hybridized carbons (Fsp3) is 0.906. The molecule has 6 saturated carbocycles. The van der Waals surface area contributed by atoms with Crippen LogP contribution in [0.25, 0.3) is 0 Å². The Kier molecular flexibility index (Phi) is 18.1. The highest BCUT2D eigenvalue weighted by Gasteiger charge is 2.61. The molecule has 0 aliphatic heterocycles. The number of fused-ring (bicyclic) bond motifs is 10. The van der Waals surface area contributed by atoms with Crippen LogP contribution in [-0.4, -0.2) is 37.7 Å². The van der Waals surface area contributed by atoms with E-state index >= 15 is 0 Å². The molecular formula is C64H106O6. The van der Waals surface area contributed by atoms with Gasteiger partial charge in [-0.15, -0.1) is 0 Å². The number of carbonyl (C=O) groups is 2. The van der Waals surface area contributed by atoms with Crippen LogP contribution in [0.2, 0.25) is 0 Å². The average Bonchev–Trinajstić information content (AvgIpc) is 3.86. The third kappa shape index (κ3) is 11.6. The molecule has 16 atom stereocenters. The van der Waals surface area contributed by atoms with Crippen LogP contribution in [0.15, 0.2) is 23.3 Å². The highest BCUT2D eigenvalue weighted by Crippen LogP contribution is 2.69. The van der Waals surface area contributed by atoms with Gasteiger partial charge in [0.15, 0.2) is 0 Å². The van der Waals surface area contributed by atoms with Crippen LogP contribution < -0.4 is 0 Å². The van der Waals surface area contributed by atoms with E-state index in [9.17, 15) is 9.59 Å². The summed E-state index contributed by atoms with van der Waals surface area (Å²) in [5.41, 5.74) is 4.65. The molecule has 6 heteroatoms. The first kappa shape index (κ1) is 54.3. The maximum absolute atomic E-state index is 12.8. The molecule has 70 heavy (non-hydrogen) atoms. The Morgan fingerprint density at radius 2 is 0.886 bits per heavy atom. The van der Waals surface area contributed by atoms with Gasteiger partial charge >= 0.3 is 12.3 Å². The van der Waals surface area contributed by atoms with Crippen LogP contribution in [0.5, 0.6) is 0 Å². The van der Waals surface area contributed by atoms with Crippen molar-refractivity contribution in [3.63, 3.8) is 0 Å². The van der Waals surface area contributed by atoms with Gasteiger partial charge in [-0.3, -0.25) is 0 Å². The molecule has 0 heterocycles. The molecule has 0 aromatic carbocycles. The quantitative estimate of drug-likeness (QED) is 0.0648. The Labute approximate surface area is 429 Å². The average molecular weight is 972 g/mol. The number of ether oxygens (including phenoxy) is 4. The van der Waals surface area contributed by atoms with Crippen molar-refractivity contribution in [2.75, 3.05) is 13.2 Å². The summed E-state index contributed by atoms with van der Waals surface area (Å²) in [5.74, 6) is 10.0. The molecule has 0 amide bonds. The van der Waals surface area contributed by atoms with E-state index < -0.39 is 12.3 Å². The monoisotopic (exact) mass is 971 g/mol. The summed E-state index contributed by atoms with van der Waals surface area (Å²) in [4.78, 5) is 25.7. The Hall–Kier alpha value is -1.98. The van der Waals surface area contributed by atoms with Crippen molar-refractivity contribution in [3.8, 4) is 0 Å². The molecule has 6 fully saturated rings. The molecule has 0 radical (unpaired) electrons. The number of rotatable bonds is 21. The summed E-state index contributed by atoms with van der Waals surface area (Å²) < 4.78 is 23.1. The zero-order valence-electron chi connectivity index (χ0n) is 46.9. The van der Waals surface area contributed by atoms with Crippen LogP contribution in [0.4, 0.5) is 9.59 Å². The van der Waals surface area contributed by atoms with Gasteiger partial charge in [-0.1, -0.05) is 157 Å². The summed E-state index contributed by atoms with van der Waals surface area (Å²) in [5, 5.41) is 0. The Morgan fingerprint density at radius 3 is 1.29 bits per heavy atom. The number of unbranched alkanes of at least 4 members (excludes halogenated alkanes) is 5. The van der Waals surface area contributed by atoms with E-state index in [1.807, 2.05) is 0 Å². The van der Waals surface area contributed by atoms with Gasteiger partial charge in [0.1, 0.15) is 12.2 Å². The Bertz CT molecular complexity index is 1670. The van der Waals surface area contributed by atoms with Crippen molar-refractivity contribution in [1.29, 1.82) is 0 Å². The van der Waals surface area contributed by atoms with E-state index in [0.717, 1.165) is 148 Å². The zero-order chi connectivity index (χ0) is 49.8. The van der Waals surface area contributed by atoms with Crippen LogP contribution in [0.1, 0.15) is 249 Å². The van der Waals surface area contributed by atoms with Crippen molar-refractivity contribution in [2.24, 2.45) is 92.7 Å². The molecule has 0 spiro atoms. The van der Waals surface area contributed by atoms with Gasteiger partial charge in [0, 0.05) is 12.8 Å². The largest absolute Gasteiger partial charge is 0.508 e. The Morgan fingerprint density at radius 1 is 0.486 bits per heavy atom. The van der Waals surface area contributed by atoms with Gasteiger partial charge in [0.25, 0.3) is 0 Å². The maximum atomic E-state index is 12.8. The first-order valence-corrected chi connectivity index (χ1v) is 30.5.